The first-order chi connectivity index (χ1) is 12.2. The average molecular weight is 398 g/mol. The second-order valence-electron chi connectivity index (χ2n) is 11.6. The highest BCUT2D eigenvalue weighted by molar-refractivity contribution is 5.83. The third-order valence-electron chi connectivity index (χ3n) is 6.80. The Morgan fingerprint density at radius 2 is 1.32 bits per heavy atom. The zero-order chi connectivity index (χ0) is 22.8. The minimum absolute atomic E-state index is 0.0497. The van der Waals surface area contributed by atoms with Crippen LogP contribution >= 0.6 is 0 Å². The molecule has 0 bridgehead atoms. The summed E-state index contributed by atoms with van der Waals surface area (Å²) in [6.07, 6.45) is 1.43. The number of hydrogen-bond acceptors (Lipinski definition) is 4. The van der Waals surface area contributed by atoms with E-state index in [1.54, 1.807) is 6.92 Å². The van der Waals surface area contributed by atoms with E-state index in [2.05, 4.69) is 78.0 Å². The highest BCUT2D eigenvalue weighted by Crippen LogP contribution is 2.39. The molecule has 1 amide bonds. The maximum absolute atomic E-state index is 13.2. The molecule has 0 aliphatic carbocycles. The van der Waals surface area contributed by atoms with Gasteiger partial charge in [-0.25, -0.2) is 0 Å². The summed E-state index contributed by atoms with van der Waals surface area (Å²) in [5.74, 6) is 0.261. The molecule has 0 aliphatic rings. The molecule has 0 heterocycles. The molecule has 0 fully saturated rings. The van der Waals surface area contributed by atoms with Gasteiger partial charge in [0.25, 0.3) is 0 Å². The Hall–Kier alpha value is -0.940. The second-order valence-corrected chi connectivity index (χ2v) is 11.6. The van der Waals surface area contributed by atoms with Crippen molar-refractivity contribution in [1.82, 2.24) is 15.5 Å². The lowest BCUT2D eigenvalue weighted by atomic mass is 9.70. The molecule has 5 heteroatoms. The SMILES string of the molecule is CNC(C)(C)N(C)C(C)(C)C(C)(C)C(=O)NCC(C)(C)CC(C)(C)CC(C)=O. The van der Waals surface area contributed by atoms with E-state index in [-0.39, 0.29) is 33.7 Å². The first kappa shape index (κ1) is 27.1. The van der Waals surface area contributed by atoms with Gasteiger partial charge in [-0.2, -0.15) is 0 Å². The predicted molar refractivity (Wildman–Crippen MR) is 119 cm³/mol. The smallest absolute Gasteiger partial charge is 0.227 e. The van der Waals surface area contributed by atoms with Crippen LogP contribution in [0.1, 0.15) is 89.0 Å². The van der Waals surface area contributed by atoms with Gasteiger partial charge in [0.1, 0.15) is 5.78 Å². The van der Waals surface area contributed by atoms with Crippen LogP contribution in [-0.4, -0.2) is 48.4 Å². The van der Waals surface area contributed by atoms with Crippen LogP contribution in [0, 0.1) is 16.2 Å². The minimum Gasteiger partial charge on any atom is -0.355 e. The quantitative estimate of drug-likeness (QED) is 0.513. The summed E-state index contributed by atoms with van der Waals surface area (Å²) < 4.78 is 0. The average Bonchev–Trinajstić information content (AvgIpc) is 2.48. The number of nitrogens with one attached hydrogen (secondary N) is 2. The molecule has 0 spiro atoms. The van der Waals surface area contributed by atoms with Gasteiger partial charge in [-0.05, 0) is 79.8 Å². The molecule has 5 nitrogen and oxygen atoms in total. The molecule has 2 N–H and O–H groups in total. The number of ketones is 1. The molecule has 166 valence electrons. The van der Waals surface area contributed by atoms with Crippen molar-refractivity contribution < 1.29 is 9.59 Å². The van der Waals surface area contributed by atoms with Crippen molar-refractivity contribution in [2.75, 3.05) is 20.6 Å². The van der Waals surface area contributed by atoms with Crippen molar-refractivity contribution in [3.63, 3.8) is 0 Å². The lowest BCUT2D eigenvalue weighted by Crippen LogP contribution is -2.66. The van der Waals surface area contributed by atoms with Crippen LogP contribution in [-0.2, 0) is 9.59 Å². The number of amides is 1. The highest BCUT2D eigenvalue weighted by atomic mass is 16.2. The van der Waals surface area contributed by atoms with E-state index in [0.717, 1.165) is 6.42 Å². The monoisotopic (exact) mass is 397 g/mol. The van der Waals surface area contributed by atoms with E-state index in [9.17, 15) is 9.59 Å². The molecule has 0 aromatic carbocycles. The van der Waals surface area contributed by atoms with Gasteiger partial charge in [0.15, 0.2) is 0 Å². The Kier molecular flexibility index (Phi) is 8.53. The molecule has 0 aromatic heterocycles. The standard InChI is InChI=1S/C23H47N3O2/c1-17(27)14-19(2,3)15-20(4,5)16-25-18(28)21(6,7)22(8,9)26(13)23(10,11)24-12/h24H,14-16H2,1-13H3,(H,25,28). The van der Waals surface area contributed by atoms with Crippen LogP contribution in [0.4, 0.5) is 0 Å². The molecule has 0 saturated heterocycles. The Morgan fingerprint density at radius 3 is 1.71 bits per heavy atom. The van der Waals surface area contributed by atoms with Crippen LogP contribution in [0.3, 0.4) is 0 Å². The van der Waals surface area contributed by atoms with E-state index in [1.807, 2.05) is 20.9 Å². The van der Waals surface area contributed by atoms with Gasteiger partial charge in [-0.15, -0.1) is 0 Å². The van der Waals surface area contributed by atoms with Gasteiger partial charge in [0.2, 0.25) is 5.91 Å². The summed E-state index contributed by atoms with van der Waals surface area (Å²) >= 11 is 0. The number of Topliss-reactive ketones (excluding diaryl/α,β-unsaturated/α-hetero) is 1. The van der Waals surface area contributed by atoms with Gasteiger partial charge in [0, 0.05) is 18.5 Å². The third-order valence-corrected chi connectivity index (χ3v) is 6.80. The van der Waals surface area contributed by atoms with Crippen LogP contribution < -0.4 is 10.6 Å². The normalized spacial score (nSPS) is 14.4. The van der Waals surface area contributed by atoms with Crippen LogP contribution in [0.25, 0.3) is 0 Å². The van der Waals surface area contributed by atoms with E-state index >= 15 is 0 Å². The van der Waals surface area contributed by atoms with E-state index in [4.69, 9.17) is 0 Å². The molecular weight excluding hydrogens is 350 g/mol. The third kappa shape index (κ3) is 6.84. The van der Waals surface area contributed by atoms with E-state index < -0.39 is 5.41 Å². The summed E-state index contributed by atoms with van der Waals surface area (Å²) in [7, 11) is 3.99. The van der Waals surface area contributed by atoms with Crippen LogP contribution in [0.2, 0.25) is 0 Å². The Labute approximate surface area is 174 Å². The minimum atomic E-state index is -0.596. The topological polar surface area (TPSA) is 61.4 Å². The molecule has 28 heavy (non-hydrogen) atoms. The molecule has 0 aromatic rings. The second kappa shape index (κ2) is 8.83. The van der Waals surface area contributed by atoms with E-state index in [0.29, 0.717) is 13.0 Å². The summed E-state index contributed by atoms with van der Waals surface area (Å²) in [4.78, 5) is 27.0. The lowest BCUT2D eigenvalue weighted by molar-refractivity contribution is -0.141. The largest absolute Gasteiger partial charge is 0.355 e. The van der Waals surface area contributed by atoms with Gasteiger partial charge >= 0.3 is 0 Å². The first-order valence-corrected chi connectivity index (χ1v) is 10.4. The molecule has 0 saturated carbocycles. The number of nitrogens with zero attached hydrogens (tertiary/aromatic N) is 1. The maximum atomic E-state index is 13.2. The number of rotatable bonds is 11. The van der Waals surface area contributed by atoms with Crippen LogP contribution in [0.5, 0.6) is 0 Å². The molecule has 0 radical (unpaired) electrons. The zero-order valence-corrected chi connectivity index (χ0v) is 20.9. The summed E-state index contributed by atoms with van der Waals surface area (Å²) in [6, 6.07) is 0. The van der Waals surface area contributed by atoms with Gasteiger partial charge in [0.05, 0.1) is 11.1 Å². The Balaban J connectivity index is 5.25. The molecule has 0 aliphatic heterocycles. The summed E-state index contributed by atoms with van der Waals surface area (Å²) in [6.45, 7) is 23.3. The van der Waals surface area contributed by atoms with Gasteiger partial charge in [-0.1, -0.05) is 27.7 Å². The van der Waals surface area contributed by atoms with Crippen LogP contribution in [0.15, 0.2) is 0 Å². The predicted octanol–water partition coefficient (Wildman–Crippen LogP) is 4.22. The molecular formula is C23H47N3O2. The fraction of sp³-hybridized carbons (Fsp3) is 0.913. The van der Waals surface area contributed by atoms with E-state index in [1.165, 1.54) is 0 Å². The van der Waals surface area contributed by atoms with Crippen molar-refractivity contribution in [2.24, 2.45) is 16.2 Å². The molecule has 0 unspecified atom stereocenters. The number of carbonyl (C=O) groups is 2. The fourth-order valence-corrected chi connectivity index (χ4v) is 4.20. The van der Waals surface area contributed by atoms with Gasteiger partial charge < -0.3 is 15.4 Å². The zero-order valence-electron chi connectivity index (χ0n) is 20.9. The first-order valence-electron chi connectivity index (χ1n) is 10.4. The van der Waals surface area contributed by atoms with Crippen molar-refractivity contribution in [1.29, 1.82) is 0 Å². The Bertz CT molecular complexity index is 560. The number of hydrogen-bond donors (Lipinski definition) is 2. The summed E-state index contributed by atoms with van der Waals surface area (Å²) in [5, 5.41) is 6.52. The highest BCUT2D eigenvalue weighted by Gasteiger charge is 2.49. The van der Waals surface area contributed by atoms with Crippen molar-refractivity contribution in [2.45, 2.75) is 100 Å². The fourth-order valence-electron chi connectivity index (χ4n) is 4.20. The van der Waals surface area contributed by atoms with Crippen molar-refractivity contribution in [3.05, 3.63) is 0 Å². The number of carbonyl (C=O) groups excluding carboxylic acids is 2. The van der Waals surface area contributed by atoms with Crippen molar-refractivity contribution >= 4 is 11.7 Å². The van der Waals surface area contributed by atoms with Crippen molar-refractivity contribution in [3.8, 4) is 0 Å². The Morgan fingerprint density at radius 1 is 0.857 bits per heavy atom. The van der Waals surface area contributed by atoms with Gasteiger partial charge in [-0.3, -0.25) is 9.69 Å². The molecule has 0 atom stereocenters. The summed E-state index contributed by atoms with van der Waals surface area (Å²) in [5.41, 5.74) is -1.38. The lowest BCUT2D eigenvalue weighted by Gasteiger charge is -2.53. The maximum Gasteiger partial charge on any atom is 0.227 e. The molecule has 0 rings (SSSR count).